The normalized spacial score (nSPS) is 11.5. The van der Waals surface area contributed by atoms with Gasteiger partial charge in [-0.15, -0.1) is 0 Å². The topological polar surface area (TPSA) is 9.86 Å². The lowest BCUT2D eigenvalue weighted by Gasteiger charge is -2.12. The Kier molecular flexibility index (Phi) is 5.65. The summed E-state index contributed by atoms with van der Waals surface area (Å²) in [6.07, 6.45) is 0. The molecule has 0 spiro atoms. The SMILES string of the molecule is Brc1ccc2c(c1)c1cc3c(cc(-c4ccccc4)n3-c3ccccc3)cc1n2-c1ccc(-c2ccccc2)cc1. The van der Waals surface area contributed by atoms with Gasteiger partial charge in [-0.05, 0) is 77.4 Å². The Morgan fingerprint density at radius 2 is 0.976 bits per heavy atom. The van der Waals surface area contributed by atoms with Crippen LogP contribution in [0.5, 0.6) is 0 Å². The monoisotopic (exact) mass is 588 g/mol. The number of fused-ring (bicyclic) bond motifs is 4. The average molecular weight is 590 g/mol. The molecule has 0 unspecified atom stereocenters. The molecule has 2 nitrogen and oxygen atoms in total. The molecule has 8 rings (SSSR count). The maximum atomic E-state index is 3.74. The van der Waals surface area contributed by atoms with Crippen LogP contribution in [0.3, 0.4) is 0 Å². The summed E-state index contributed by atoms with van der Waals surface area (Å²) >= 11 is 3.74. The lowest BCUT2D eigenvalue weighted by molar-refractivity contribution is 1.13. The highest BCUT2D eigenvalue weighted by Gasteiger charge is 2.18. The molecule has 6 aromatic carbocycles. The zero-order valence-electron chi connectivity index (χ0n) is 22.2. The van der Waals surface area contributed by atoms with E-state index in [1.54, 1.807) is 0 Å². The standard InChI is InChI=1S/C38H25BrN2/c39-30-18-21-35-33(24-30)34-25-37-29(22-36(28-12-6-2-7-13-28)41(37)31-14-8-3-9-15-31)23-38(34)40(35)32-19-16-27(17-20-32)26-10-4-1-5-11-26/h1-25H. The highest BCUT2D eigenvalue weighted by atomic mass is 79.9. The summed E-state index contributed by atoms with van der Waals surface area (Å²) in [4.78, 5) is 0. The quantitative estimate of drug-likeness (QED) is 0.193. The molecule has 194 valence electrons. The first-order valence-corrected chi connectivity index (χ1v) is 14.6. The largest absolute Gasteiger partial charge is 0.309 e. The molecule has 0 N–H and O–H groups in total. The summed E-state index contributed by atoms with van der Waals surface area (Å²) in [6.45, 7) is 0. The van der Waals surface area contributed by atoms with Crippen LogP contribution in [0, 0.1) is 0 Å². The first kappa shape index (κ1) is 24.0. The molecule has 0 aliphatic heterocycles. The number of benzene rings is 6. The van der Waals surface area contributed by atoms with E-state index in [1.807, 2.05) is 0 Å². The van der Waals surface area contributed by atoms with Gasteiger partial charge in [0, 0.05) is 32.0 Å². The van der Waals surface area contributed by atoms with E-state index in [4.69, 9.17) is 0 Å². The molecule has 8 aromatic rings. The Bertz CT molecular complexity index is 2170. The van der Waals surface area contributed by atoms with Gasteiger partial charge >= 0.3 is 0 Å². The summed E-state index contributed by atoms with van der Waals surface area (Å²) in [5, 5.41) is 3.67. The Balaban J connectivity index is 1.42. The van der Waals surface area contributed by atoms with E-state index in [0.717, 1.165) is 15.8 Å². The lowest BCUT2D eigenvalue weighted by atomic mass is 10.1. The second kappa shape index (κ2) is 9.65. The predicted octanol–water partition coefficient (Wildman–Crippen LogP) is 10.8. The van der Waals surface area contributed by atoms with E-state index in [-0.39, 0.29) is 0 Å². The smallest absolute Gasteiger partial charge is 0.0548 e. The van der Waals surface area contributed by atoms with Crippen LogP contribution in [0.2, 0.25) is 0 Å². The van der Waals surface area contributed by atoms with Crippen LogP contribution in [0.1, 0.15) is 0 Å². The fourth-order valence-corrected chi connectivity index (χ4v) is 6.44. The van der Waals surface area contributed by atoms with Gasteiger partial charge in [-0.3, -0.25) is 0 Å². The first-order valence-electron chi connectivity index (χ1n) is 13.8. The second-order valence-corrected chi connectivity index (χ2v) is 11.3. The molecular weight excluding hydrogens is 564 g/mol. The zero-order valence-corrected chi connectivity index (χ0v) is 23.8. The fraction of sp³-hybridized carbons (Fsp3) is 0. The van der Waals surface area contributed by atoms with Gasteiger partial charge in [-0.2, -0.15) is 0 Å². The van der Waals surface area contributed by atoms with Crippen molar-refractivity contribution in [2.75, 3.05) is 0 Å². The molecular formula is C38H25BrN2. The van der Waals surface area contributed by atoms with E-state index < -0.39 is 0 Å². The molecule has 0 radical (unpaired) electrons. The van der Waals surface area contributed by atoms with E-state index in [1.165, 1.54) is 55.1 Å². The number of hydrogen-bond acceptors (Lipinski definition) is 0. The molecule has 0 amide bonds. The molecule has 2 heterocycles. The van der Waals surface area contributed by atoms with Crippen molar-refractivity contribution in [1.82, 2.24) is 9.13 Å². The number of hydrogen-bond donors (Lipinski definition) is 0. The predicted molar refractivity (Wildman–Crippen MR) is 176 cm³/mol. The second-order valence-electron chi connectivity index (χ2n) is 10.4. The first-order chi connectivity index (χ1) is 20.2. The number of rotatable bonds is 4. The van der Waals surface area contributed by atoms with Crippen LogP contribution >= 0.6 is 15.9 Å². The fourth-order valence-electron chi connectivity index (χ4n) is 6.08. The van der Waals surface area contributed by atoms with Crippen molar-refractivity contribution in [1.29, 1.82) is 0 Å². The van der Waals surface area contributed by atoms with Crippen molar-refractivity contribution in [3.63, 3.8) is 0 Å². The molecule has 0 fully saturated rings. The van der Waals surface area contributed by atoms with E-state index in [2.05, 4.69) is 177 Å². The van der Waals surface area contributed by atoms with Crippen LogP contribution in [0.15, 0.2) is 156 Å². The molecule has 0 saturated carbocycles. The van der Waals surface area contributed by atoms with Crippen LogP contribution in [-0.2, 0) is 0 Å². The minimum atomic E-state index is 1.08. The Labute approximate surface area is 246 Å². The van der Waals surface area contributed by atoms with Crippen LogP contribution < -0.4 is 0 Å². The lowest BCUT2D eigenvalue weighted by Crippen LogP contribution is -1.96. The van der Waals surface area contributed by atoms with Crippen molar-refractivity contribution < 1.29 is 0 Å². The third-order valence-corrected chi connectivity index (χ3v) is 8.46. The molecule has 41 heavy (non-hydrogen) atoms. The highest BCUT2D eigenvalue weighted by molar-refractivity contribution is 9.10. The van der Waals surface area contributed by atoms with Crippen molar-refractivity contribution in [2.45, 2.75) is 0 Å². The van der Waals surface area contributed by atoms with Crippen molar-refractivity contribution >= 4 is 48.6 Å². The van der Waals surface area contributed by atoms with E-state index >= 15 is 0 Å². The Morgan fingerprint density at radius 1 is 0.390 bits per heavy atom. The summed E-state index contributed by atoms with van der Waals surface area (Å²) in [6, 6.07) is 54.4. The van der Waals surface area contributed by atoms with Crippen molar-refractivity contribution in [3.05, 3.63) is 156 Å². The van der Waals surface area contributed by atoms with Gasteiger partial charge < -0.3 is 9.13 Å². The number of para-hydroxylation sites is 1. The summed E-state index contributed by atoms with van der Waals surface area (Å²) in [7, 11) is 0. The summed E-state index contributed by atoms with van der Waals surface area (Å²) in [5.74, 6) is 0. The Morgan fingerprint density at radius 3 is 1.68 bits per heavy atom. The van der Waals surface area contributed by atoms with Crippen molar-refractivity contribution in [2.24, 2.45) is 0 Å². The maximum Gasteiger partial charge on any atom is 0.0548 e. The average Bonchev–Trinajstić information content (AvgIpc) is 3.56. The third kappa shape index (κ3) is 4.01. The van der Waals surface area contributed by atoms with Gasteiger partial charge in [0.25, 0.3) is 0 Å². The summed E-state index contributed by atoms with van der Waals surface area (Å²) < 4.78 is 5.86. The van der Waals surface area contributed by atoms with Crippen LogP contribution in [0.4, 0.5) is 0 Å². The van der Waals surface area contributed by atoms with Gasteiger partial charge in [0.15, 0.2) is 0 Å². The number of halogens is 1. The maximum absolute atomic E-state index is 3.74. The third-order valence-electron chi connectivity index (χ3n) is 7.97. The van der Waals surface area contributed by atoms with Gasteiger partial charge in [0.1, 0.15) is 0 Å². The molecule has 3 heteroatoms. The van der Waals surface area contributed by atoms with Crippen molar-refractivity contribution in [3.8, 4) is 33.8 Å². The van der Waals surface area contributed by atoms with Gasteiger partial charge in [0.2, 0.25) is 0 Å². The molecule has 2 aromatic heterocycles. The number of nitrogens with zero attached hydrogens (tertiary/aromatic N) is 2. The minimum absolute atomic E-state index is 1.08. The molecule has 0 saturated heterocycles. The minimum Gasteiger partial charge on any atom is -0.309 e. The van der Waals surface area contributed by atoms with Crippen LogP contribution in [0.25, 0.3) is 66.5 Å². The highest BCUT2D eigenvalue weighted by Crippen LogP contribution is 2.39. The summed E-state index contributed by atoms with van der Waals surface area (Å²) in [5.41, 5.74) is 10.7. The van der Waals surface area contributed by atoms with Crippen LogP contribution in [-0.4, -0.2) is 9.13 Å². The Hall–Kier alpha value is -4.86. The molecule has 0 atom stereocenters. The molecule has 0 bridgehead atoms. The van der Waals surface area contributed by atoms with E-state index in [0.29, 0.717) is 0 Å². The van der Waals surface area contributed by atoms with Gasteiger partial charge in [-0.25, -0.2) is 0 Å². The number of aromatic nitrogens is 2. The van der Waals surface area contributed by atoms with Gasteiger partial charge in [-0.1, -0.05) is 107 Å². The van der Waals surface area contributed by atoms with E-state index in [9.17, 15) is 0 Å². The molecule has 0 aliphatic rings. The van der Waals surface area contributed by atoms with Gasteiger partial charge in [0.05, 0.1) is 22.2 Å². The molecule has 0 aliphatic carbocycles. The zero-order chi connectivity index (χ0) is 27.3.